The molecular formula is C20H27N3O3S. The molecule has 0 bridgehead atoms. The first-order valence-electron chi connectivity index (χ1n) is 8.96. The van der Waals surface area contributed by atoms with Crippen LogP contribution in [0.15, 0.2) is 29.6 Å². The van der Waals surface area contributed by atoms with Crippen LogP contribution in [0.2, 0.25) is 0 Å². The number of carbonyl (C=O) groups is 2. The van der Waals surface area contributed by atoms with Gasteiger partial charge in [-0.3, -0.25) is 9.59 Å². The predicted octanol–water partition coefficient (Wildman–Crippen LogP) is 3.62. The average Bonchev–Trinajstić information content (AvgIpc) is 3.04. The van der Waals surface area contributed by atoms with E-state index in [9.17, 15) is 9.59 Å². The van der Waals surface area contributed by atoms with Crippen LogP contribution in [0.5, 0.6) is 5.75 Å². The second-order valence-electron chi connectivity index (χ2n) is 7.48. The molecule has 1 aromatic carbocycles. The van der Waals surface area contributed by atoms with Crippen molar-refractivity contribution >= 4 is 23.2 Å². The Morgan fingerprint density at radius 3 is 2.37 bits per heavy atom. The third-order valence-electron chi connectivity index (χ3n) is 3.96. The van der Waals surface area contributed by atoms with Gasteiger partial charge in [0.25, 0.3) is 5.91 Å². The number of hydrogen-bond donors (Lipinski definition) is 2. The molecule has 7 heteroatoms. The molecule has 27 heavy (non-hydrogen) atoms. The van der Waals surface area contributed by atoms with Crippen LogP contribution in [0.1, 0.15) is 51.5 Å². The number of thiazole rings is 1. The molecule has 1 unspecified atom stereocenters. The summed E-state index contributed by atoms with van der Waals surface area (Å²) < 4.78 is 5.63. The number of carbonyl (C=O) groups excluding carboxylic acids is 2. The van der Waals surface area contributed by atoms with E-state index in [-0.39, 0.29) is 17.7 Å². The van der Waals surface area contributed by atoms with Gasteiger partial charge in [-0.1, -0.05) is 13.8 Å². The highest BCUT2D eigenvalue weighted by atomic mass is 32.1. The van der Waals surface area contributed by atoms with E-state index in [2.05, 4.69) is 10.3 Å². The van der Waals surface area contributed by atoms with Crippen molar-refractivity contribution in [3.8, 4) is 16.3 Å². The molecule has 0 radical (unpaired) electrons. The minimum absolute atomic E-state index is 0.108. The molecule has 1 aromatic heterocycles. The van der Waals surface area contributed by atoms with E-state index >= 15 is 0 Å². The number of rotatable bonds is 8. The van der Waals surface area contributed by atoms with E-state index in [1.54, 1.807) is 12.3 Å². The molecule has 2 rings (SSSR count). The maximum Gasteiger partial charge on any atom is 0.271 e. The van der Waals surface area contributed by atoms with Crippen LogP contribution in [-0.2, 0) is 4.79 Å². The van der Waals surface area contributed by atoms with Crippen molar-refractivity contribution in [3.63, 3.8) is 0 Å². The average molecular weight is 390 g/mol. The number of amides is 2. The number of aromatic nitrogens is 1. The molecular weight excluding hydrogens is 362 g/mol. The zero-order valence-corrected chi connectivity index (χ0v) is 17.2. The highest BCUT2D eigenvalue weighted by molar-refractivity contribution is 7.13. The SMILES string of the molecule is CC(C)CC(C)(NC(=O)c1csc(-c2ccc(OC(C)C)cc2)n1)C(N)=O. The third kappa shape index (κ3) is 5.53. The zero-order valence-electron chi connectivity index (χ0n) is 16.4. The standard InChI is InChI=1S/C20H27N3O3S/c1-12(2)10-20(5,19(21)25)23-17(24)16-11-27-18(22-16)14-6-8-15(9-7-14)26-13(3)4/h6-9,11-13H,10H2,1-5H3,(H2,21,25)(H,23,24). The zero-order chi connectivity index (χ0) is 20.2. The number of primary amides is 1. The monoisotopic (exact) mass is 389 g/mol. The lowest BCUT2D eigenvalue weighted by Gasteiger charge is -2.28. The van der Waals surface area contributed by atoms with E-state index in [4.69, 9.17) is 10.5 Å². The fourth-order valence-corrected chi connectivity index (χ4v) is 3.61. The van der Waals surface area contributed by atoms with Crippen LogP contribution in [0.4, 0.5) is 0 Å². The smallest absolute Gasteiger partial charge is 0.271 e. The normalized spacial score (nSPS) is 13.4. The van der Waals surface area contributed by atoms with Crippen LogP contribution >= 0.6 is 11.3 Å². The topological polar surface area (TPSA) is 94.3 Å². The Labute approximate surface area is 164 Å². The Hall–Kier alpha value is -2.41. The van der Waals surface area contributed by atoms with Gasteiger partial charge in [-0.15, -0.1) is 11.3 Å². The molecule has 0 aliphatic rings. The Morgan fingerprint density at radius 2 is 1.85 bits per heavy atom. The lowest BCUT2D eigenvalue weighted by Crippen LogP contribution is -2.56. The third-order valence-corrected chi connectivity index (χ3v) is 4.85. The highest BCUT2D eigenvalue weighted by Gasteiger charge is 2.34. The van der Waals surface area contributed by atoms with Crippen molar-refractivity contribution in [2.24, 2.45) is 11.7 Å². The fourth-order valence-electron chi connectivity index (χ4n) is 2.80. The van der Waals surface area contributed by atoms with E-state index < -0.39 is 17.4 Å². The van der Waals surface area contributed by atoms with E-state index in [1.165, 1.54) is 11.3 Å². The molecule has 1 heterocycles. The largest absolute Gasteiger partial charge is 0.491 e. The van der Waals surface area contributed by atoms with Gasteiger partial charge in [0.2, 0.25) is 5.91 Å². The summed E-state index contributed by atoms with van der Waals surface area (Å²) in [4.78, 5) is 28.8. The molecule has 3 N–H and O–H groups in total. The molecule has 0 spiro atoms. The first-order valence-corrected chi connectivity index (χ1v) is 9.83. The number of nitrogens with one attached hydrogen (secondary N) is 1. The van der Waals surface area contributed by atoms with Crippen molar-refractivity contribution in [1.29, 1.82) is 0 Å². The summed E-state index contributed by atoms with van der Waals surface area (Å²) in [6.45, 7) is 9.54. The van der Waals surface area contributed by atoms with Gasteiger partial charge in [0.15, 0.2) is 0 Å². The first-order chi connectivity index (χ1) is 12.6. The quantitative estimate of drug-likeness (QED) is 0.721. The van der Waals surface area contributed by atoms with Crippen LogP contribution in [0, 0.1) is 5.92 Å². The van der Waals surface area contributed by atoms with E-state index in [0.29, 0.717) is 6.42 Å². The van der Waals surface area contributed by atoms with E-state index in [0.717, 1.165) is 16.3 Å². The van der Waals surface area contributed by atoms with Crippen molar-refractivity contribution in [1.82, 2.24) is 10.3 Å². The lowest BCUT2D eigenvalue weighted by molar-refractivity contribution is -0.124. The molecule has 0 saturated heterocycles. The number of benzene rings is 1. The van der Waals surface area contributed by atoms with Crippen molar-refractivity contribution in [2.75, 3.05) is 0 Å². The molecule has 2 amide bonds. The molecule has 0 saturated carbocycles. The Morgan fingerprint density at radius 1 is 1.22 bits per heavy atom. The summed E-state index contributed by atoms with van der Waals surface area (Å²) >= 11 is 1.37. The van der Waals surface area contributed by atoms with Gasteiger partial charge >= 0.3 is 0 Å². The summed E-state index contributed by atoms with van der Waals surface area (Å²) in [6.07, 6.45) is 0.568. The van der Waals surface area contributed by atoms with Crippen molar-refractivity contribution in [2.45, 2.75) is 52.7 Å². The Kier molecular flexibility index (Phi) is 6.59. The predicted molar refractivity (Wildman–Crippen MR) is 108 cm³/mol. The number of hydrogen-bond acceptors (Lipinski definition) is 5. The molecule has 146 valence electrons. The van der Waals surface area contributed by atoms with Crippen LogP contribution < -0.4 is 15.8 Å². The Bertz CT molecular complexity index is 799. The minimum atomic E-state index is -1.11. The molecule has 0 fully saturated rings. The van der Waals surface area contributed by atoms with E-state index in [1.807, 2.05) is 52.0 Å². The molecule has 1 atom stereocenters. The molecule has 0 aliphatic carbocycles. The van der Waals surface area contributed by atoms with Gasteiger partial charge in [-0.2, -0.15) is 0 Å². The van der Waals surface area contributed by atoms with Gasteiger partial charge in [-0.05, 0) is 57.4 Å². The van der Waals surface area contributed by atoms with Crippen molar-refractivity contribution < 1.29 is 14.3 Å². The molecule has 2 aromatic rings. The van der Waals surface area contributed by atoms with Gasteiger partial charge in [0.1, 0.15) is 22.0 Å². The van der Waals surface area contributed by atoms with Crippen LogP contribution in [-0.4, -0.2) is 28.4 Å². The second-order valence-corrected chi connectivity index (χ2v) is 8.34. The highest BCUT2D eigenvalue weighted by Crippen LogP contribution is 2.26. The molecule has 6 nitrogen and oxygen atoms in total. The lowest BCUT2D eigenvalue weighted by atomic mass is 9.90. The van der Waals surface area contributed by atoms with Crippen LogP contribution in [0.25, 0.3) is 10.6 Å². The Balaban J connectivity index is 2.14. The van der Waals surface area contributed by atoms with Gasteiger partial charge in [0, 0.05) is 10.9 Å². The van der Waals surface area contributed by atoms with Crippen LogP contribution in [0.3, 0.4) is 0 Å². The summed E-state index contributed by atoms with van der Waals surface area (Å²) in [5.74, 6) is 0.0366. The fraction of sp³-hybridized carbons (Fsp3) is 0.450. The summed E-state index contributed by atoms with van der Waals surface area (Å²) in [5.41, 5.74) is 5.57. The summed E-state index contributed by atoms with van der Waals surface area (Å²) in [7, 11) is 0. The van der Waals surface area contributed by atoms with Crippen molar-refractivity contribution in [3.05, 3.63) is 35.3 Å². The number of nitrogens with zero attached hydrogens (tertiary/aromatic N) is 1. The maximum absolute atomic E-state index is 12.6. The number of nitrogens with two attached hydrogens (primary N) is 1. The van der Waals surface area contributed by atoms with Gasteiger partial charge < -0.3 is 15.8 Å². The van der Waals surface area contributed by atoms with Gasteiger partial charge in [-0.25, -0.2) is 4.98 Å². The molecule has 0 aliphatic heterocycles. The first kappa shape index (κ1) is 20.9. The summed E-state index contributed by atoms with van der Waals surface area (Å²) in [5, 5.41) is 5.15. The second kappa shape index (κ2) is 8.52. The minimum Gasteiger partial charge on any atom is -0.491 e. The van der Waals surface area contributed by atoms with Gasteiger partial charge in [0.05, 0.1) is 6.10 Å². The number of ether oxygens (including phenoxy) is 1. The maximum atomic E-state index is 12.6. The summed E-state index contributed by atoms with van der Waals surface area (Å²) in [6, 6.07) is 7.57.